The number of hydrogen-bond acceptors (Lipinski definition) is 3. The summed E-state index contributed by atoms with van der Waals surface area (Å²) >= 11 is 0. The minimum Gasteiger partial charge on any atom is -0.455 e. The molecule has 0 saturated carbocycles. The van der Waals surface area contributed by atoms with Gasteiger partial charge in [0.2, 0.25) is 0 Å². The minimum atomic E-state index is 0.837. The average Bonchev–Trinajstić information content (AvgIpc) is 3.90. The molecule has 3 nitrogen and oxygen atoms in total. The van der Waals surface area contributed by atoms with Crippen LogP contribution in [0.1, 0.15) is 0 Å². The molecule has 59 heavy (non-hydrogen) atoms. The summed E-state index contributed by atoms with van der Waals surface area (Å²) in [5.41, 5.74) is 13.3. The summed E-state index contributed by atoms with van der Waals surface area (Å²) in [6.07, 6.45) is 0. The number of rotatable bonds is 6. The lowest BCUT2D eigenvalue weighted by Gasteiger charge is -2.26. The van der Waals surface area contributed by atoms with Gasteiger partial charge in [0.25, 0.3) is 0 Å². The van der Waals surface area contributed by atoms with Gasteiger partial charge in [0.05, 0.1) is 5.69 Å². The quantitative estimate of drug-likeness (QED) is 0.158. The molecule has 0 aliphatic rings. The van der Waals surface area contributed by atoms with Crippen LogP contribution in [-0.4, -0.2) is 0 Å². The van der Waals surface area contributed by atoms with Crippen LogP contribution in [0.15, 0.2) is 221 Å². The number of anilines is 3. The Bertz CT molecular complexity index is 3530. The molecule has 0 unspecified atom stereocenters. The predicted molar refractivity (Wildman–Crippen MR) is 247 cm³/mol. The maximum absolute atomic E-state index is 7.23. The highest BCUT2D eigenvalue weighted by Crippen LogP contribution is 2.48. The molecule has 2 heterocycles. The van der Waals surface area contributed by atoms with E-state index in [0.717, 1.165) is 94.1 Å². The van der Waals surface area contributed by atoms with E-state index in [-0.39, 0.29) is 0 Å². The molecule has 0 atom stereocenters. The van der Waals surface area contributed by atoms with Crippen molar-refractivity contribution in [3.8, 4) is 33.4 Å². The lowest BCUT2D eigenvalue weighted by atomic mass is 9.95. The molecule has 12 rings (SSSR count). The molecule has 0 fully saturated rings. The van der Waals surface area contributed by atoms with Crippen LogP contribution in [0.2, 0.25) is 0 Å². The predicted octanol–water partition coefficient (Wildman–Crippen LogP) is 16.3. The van der Waals surface area contributed by atoms with Crippen molar-refractivity contribution in [1.29, 1.82) is 0 Å². The molecule has 0 radical (unpaired) electrons. The molecule has 12 aromatic rings. The van der Waals surface area contributed by atoms with Crippen LogP contribution in [0.4, 0.5) is 17.1 Å². The zero-order valence-electron chi connectivity index (χ0n) is 32.0. The second kappa shape index (κ2) is 13.4. The standard InChI is InChI=1S/C56H35NO2/c1-3-14-36(15-4-1)38-26-30-41(31-27-38)57(42-32-28-39(29-33-42)43-23-13-24-49-46-20-11-12-25-52(46)58-54(43)49)51-35-40(37-16-5-2-6-17-37)34-50-53-47-21-9-7-18-44(47)45-19-8-10-22-48(45)56(53)59-55(50)51/h1-35H. The molecular weight excluding hydrogens is 719 g/mol. The number of para-hydroxylation sites is 2. The first-order chi connectivity index (χ1) is 29.3. The highest BCUT2D eigenvalue weighted by atomic mass is 16.3. The summed E-state index contributed by atoms with van der Waals surface area (Å²) in [5, 5.41) is 9.13. The lowest BCUT2D eigenvalue weighted by molar-refractivity contribution is 0.670. The van der Waals surface area contributed by atoms with Crippen molar-refractivity contribution < 1.29 is 8.83 Å². The molecular formula is C56H35NO2. The Kier molecular flexibility index (Phi) is 7.54. The number of furan rings is 2. The fourth-order valence-electron chi connectivity index (χ4n) is 9.08. The normalized spacial score (nSPS) is 11.7. The first-order valence-electron chi connectivity index (χ1n) is 20.1. The highest BCUT2D eigenvalue weighted by molar-refractivity contribution is 6.31. The molecule has 0 saturated heterocycles. The number of nitrogens with zero attached hydrogens (tertiary/aromatic N) is 1. The van der Waals surface area contributed by atoms with Gasteiger partial charge < -0.3 is 13.7 Å². The van der Waals surface area contributed by atoms with Crippen molar-refractivity contribution >= 4 is 82.5 Å². The number of fused-ring (bicyclic) bond motifs is 11. The van der Waals surface area contributed by atoms with Crippen LogP contribution < -0.4 is 4.90 Å². The van der Waals surface area contributed by atoms with Gasteiger partial charge in [-0.3, -0.25) is 0 Å². The van der Waals surface area contributed by atoms with E-state index in [1.54, 1.807) is 0 Å². The second-order valence-corrected chi connectivity index (χ2v) is 15.2. The Morgan fingerprint density at radius 3 is 1.49 bits per heavy atom. The molecule has 0 aliphatic heterocycles. The van der Waals surface area contributed by atoms with Crippen LogP contribution in [-0.2, 0) is 0 Å². The Balaban J connectivity index is 1.12. The second-order valence-electron chi connectivity index (χ2n) is 15.2. The van der Waals surface area contributed by atoms with E-state index >= 15 is 0 Å². The van der Waals surface area contributed by atoms with Gasteiger partial charge in [0, 0.05) is 43.9 Å². The number of benzene rings is 10. The molecule has 0 amide bonds. The first kappa shape index (κ1) is 33.3. The van der Waals surface area contributed by atoms with Crippen LogP contribution in [0.25, 0.3) is 98.8 Å². The van der Waals surface area contributed by atoms with Gasteiger partial charge in [-0.25, -0.2) is 0 Å². The summed E-state index contributed by atoms with van der Waals surface area (Å²) in [6.45, 7) is 0. The third-order valence-corrected chi connectivity index (χ3v) is 11.8. The summed E-state index contributed by atoms with van der Waals surface area (Å²) in [7, 11) is 0. The van der Waals surface area contributed by atoms with E-state index in [2.05, 4.69) is 205 Å². The molecule has 0 bridgehead atoms. The van der Waals surface area contributed by atoms with Crippen molar-refractivity contribution in [2.75, 3.05) is 4.90 Å². The molecule has 10 aromatic carbocycles. The molecule has 0 aliphatic carbocycles. The van der Waals surface area contributed by atoms with Gasteiger partial charge in [-0.05, 0) is 86.4 Å². The minimum absolute atomic E-state index is 0.837. The smallest absolute Gasteiger partial charge is 0.159 e. The average molecular weight is 754 g/mol. The van der Waals surface area contributed by atoms with Crippen molar-refractivity contribution in [1.82, 2.24) is 0 Å². The van der Waals surface area contributed by atoms with Gasteiger partial charge in [-0.15, -0.1) is 0 Å². The van der Waals surface area contributed by atoms with Crippen molar-refractivity contribution in [3.63, 3.8) is 0 Å². The van der Waals surface area contributed by atoms with Crippen LogP contribution in [0, 0.1) is 0 Å². The summed E-state index contributed by atoms with van der Waals surface area (Å²) in [4.78, 5) is 2.35. The Hall–Kier alpha value is -7.88. The highest BCUT2D eigenvalue weighted by Gasteiger charge is 2.24. The fraction of sp³-hybridized carbons (Fsp3) is 0. The van der Waals surface area contributed by atoms with Gasteiger partial charge in [0.1, 0.15) is 16.7 Å². The van der Waals surface area contributed by atoms with Gasteiger partial charge in [-0.1, -0.05) is 170 Å². The monoisotopic (exact) mass is 753 g/mol. The zero-order valence-corrected chi connectivity index (χ0v) is 32.0. The fourth-order valence-corrected chi connectivity index (χ4v) is 9.08. The molecule has 276 valence electrons. The van der Waals surface area contributed by atoms with E-state index < -0.39 is 0 Å². The largest absolute Gasteiger partial charge is 0.455 e. The Morgan fingerprint density at radius 1 is 0.288 bits per heavy atom. The van der Waals surface area contributed by atoms with Crippen LogP contribution in [0.3, 0.4) is 0 Å². The number of hydrogen-bond donors (Lipinski definition) is 0. The molecule has 0 N–H and O–H groups in total. The van der Waals surface area contributed by atoms with Crippen molar-refractivity contribution in [2.24, 2.45) is 0 Å². The van der Waals surface area contributed by atoms with Crippen molar-refractivity contribution in [3.05, 3.63) is 212 Å². The maximum Gasteiger partial charge on any atom is 0.159 e. The summed E-state index contributed by atoms with van der Waals surface area (Å²) in [6, 6.07) is 75.5. The molecule has 2 aromatic heterocycles. The molecule has 0 spiro atoms. The van der Waals surface area contributed by atoms with E-state index in [0.29, 0.717) is 0 Å². The maximum atomic E-state index is 7.23. The van der Waals surface area contributed by atoms with Gasteiger partial charge in [-0.2, -0.15) is 0 Å². The SMILES string of the molecule is c1ccc(-c2ccc(N(c3ccc(-c4cccc5c4oc4ccccc45)cc3)c3cc(-c4ccccc4)cc4c3oc3c5ccccc5c5ccccc5c43)cc2)cc1. The summed E-state index contributed by atoms with van der Waals surface area (Å²) in [5.74, 6) is 0. The van der Waals surface area contributed by atoms with Gasteiger partial charge in [0.15, 0.2) is 5.58 Å². The van der Waals surface area contributed by atoms with Crippen LogP contribution >= 0.6 is 0 Å². The van der Waals surface area contributed by atoms with Crippen molar-refractivity contribution in [2.45, 2.75) is 0 Å². The Morgan fingerprint density at radius 2 is 0.797 bits per heavy atom. The molecule has 3 heteroatoms. The third-order valence-electron chi connectivity index (χ3n) is 11.8. The Labute approximate surface area is 340 Å². The van der Waals surface area contributed by atoms with E-state index in [9.17, 15) is 0 Å². The first-order valence-corrected chi connectivity index (χ1v) is 20.1. The zero-order chi connectivity index (χ0) is 38.9. The van der Waals surface area contributed by atoms with Crippen LogP contribution in [0.5, 0.6) is 0 Å². The van der Waals surface area contributed by atoms with E-state index in [1.165, 1.54) is 21.7 Å². The summed E-state index contributed by atoms with van der Waals surface area (Å²) < 4.78 is 13.7. The topological polar surface area (TPSA) is 29.5 Å². The lowest BCUT2D eigenvalue weighted by Crippen LogP contribution is -2.10. The third kappa shape index (κ3) is 5.36. The van der Waals surface area contributed by atoms with E-state index in [1.807, 2.05) is 12.1 Å². The van der Waals surface area contributed by atoms with E-state index in [4.69, 9.17) is 8.83 Å². The van der Waals surface area contributed by atoms with Gasteiger partial charge >= 0.3 is 0 Å².